The zero-order valence-electron chi connectivity index (χ0n) is 21.3. The Labute approximate surface area is 207 Å². The second kappa shape index (κ2) is 10.4. The van der Waals surface area contributed by atoms with Gasteiger partial charge in [0.2, 0.25) is 0 Å². The highest BCUT2D eigenvalue weighted by Crippen LogP contribution is 2.38. The number of likely N-dealkylation sites (N-methyl/N-ethyl adjacent to an activating group) is 2. The fourth-order valence-corrected chi connectivity index (χ4v) is 6.13. The number of hydrogen-bond donors (Lipinski definition) is 1. The molecule has 194 valence electrons. The van der Waals surface area contributed by atoms with Gasteiger partial charge in [0.05, 0.1) is 12.1 Å². The van der Waals surface area contributed by atoms with Crippen molar-refractivity contribution in [1.29, 1.82) is 0 Å². The largest absolute Gasteiger partial charge is 0.459 e. The van der Waals surface area contributed by atoms with Crippen molar-refractivity contribution in [3.05, 3.63) is 23.3 Å². The van der Waals surface area contributed by atoms with E-state index in [1.54, 1.807) is 26.8 Å². The van der Waals surface area contributed by atoms with Gasteiger partial charge in [-0.1, -0.05) is 6.08 Å². The topological polar surface area (TPSA) is 106 Å². The molecule has 0 aromatic carbocycles. The SMILES string of the molecule is C/C=C(/C)C(=O)O[C@H]1C[C@@H]2C[C@@H](OC(=O)/C=C(\C)C(=O)O[C@H]3C[C@H]4C[C@H](O)C[C@@H]3N4C)C[C@H]1N2C. The van der Waals surface area contributed by atoms with Crippen LogP contribution < -0.4 is 0 Å². The van der Waals surface area contributed by atoms with Crippen LogP contribution in [0, 0.1) is 0 Å². The number of hydrogen-bond acceptors (Lipinski definition) is 9. The van der Waals surface area contributed by atoms with Crippen LogP contribution in [0.15, 0.2) is 23.3 Å². The van der Waals surface area contributed by atoms with Crippen molar-refractivity contribution in [3.63, 3.8) is 0 Å². The van der Waals surface area contributed by atoms with Crippen LogP contribution in [0.25, 0.3) is 0 Å². The lowest BCUT2D eigenvalue weighted by Gasteiger charge is -2.36. The molecule has 0 unspecified atom stereocenters. The standard InChI is InChI=1S/C26H38N2O7/c1-6-14(2)25(31)34-23-11-17-9-19(13-21(23)28(17)5)33-24(30)7-15(3)26(32)35-22-10-16-8-18(29)12-20(22)27(16)4/h6-7,16-23,29H,8-13H2,1-5H3/b14-6-,15-7+/t16-,17+,18+,19-,20+,21-,22+,23+/m1/s1. The Kier molecular flexibility index (Phi) is 7.68. The van der Waals surface area contributed by atoms with Gasteiger partial charge >= 0.3 is 17.9 Å². The van der Waals surface area contributed by atoms with Gasteiger partial charge < -0.3 is 19.3 Å². The zero-order valence-corrected chi connectivity index (χ0v) is 21.3. The van der Waals surface area contributed by atoms with Gasteiger partial charge in [-0.25, -0.2) is 14.4 Å². The summed E-state index contributed by atoms with van der Waals surface area (Å²) in [4.78, 5) is 41.8. The summed E-state index contributed by atoms with van der Waals surface area (Å²) >= 11 is 0. The van der Waals surface area contributed by atoms with Crippen LogP contribution in [0.1, 0.15) is 59.3 Å². The van der Waals surface area contributed by atoms with E-state index < -0.39 is 11.9 Å². The van der Waals surface area contributed by atoms with Gasteiger partial charge in [0, 0.05) is 61.0 Å². The molecule has 0 spiro atoms. The summed E-state index contributed by atoms with van der Waals surface area (Å²) in [6.07, 6.45) is 5.67. The first kappa shape index (κ1) is 25.9. The molecule has 4 aliphatic heterocycles. The average molecular weight is 491 g/mol. The maximum atomic E-state index is 12.6. The van der Waals surface area contributed by atoms with E-state index in [2.05, 4.69) is 9.80 Å². The van der Waals surface area contributed by atoms with Gasteiger partial charge in [-0.15, -0.1) is 0 Å². The summed E-state index contributed by atoms with van der Waals surface area (Å²) in [5.41, 5.74) is 0.776. The van der Waals surface area contributed by atoms with Crippen LogP contribution in [0.3, 0.4) is 0 Å². The lowest BCUT2D eigenvalue weighted by Crippen LogP contribution is -2.46. The number of allylic oxidation sites excluding steroid dienone is 1. The number of rotatable bonds is 6. The van der Waals surface area contributed by atoms with E-state index in [9.17, 15) is 19.5 Å². The number of aliphatic hydroxyl groups is 1. The minimum atomic E-state index is -0.565. The van der Waals surface area contributed by atoms with E-state index >= 15 is 0 Å². The third kappa shape index (κ3) is 5.47. The van der Waals surface area contributed by atoms with Crippen molar-refractivity contribution in [3.8, 4) is 0 Å². The van der Waals surface area contributed by atoms with E-state index in [-0.39, 0.29) is 60.1 Å². The first-order valence-electron chi connectivity index (χ1n) is 12.6. The molecule has 0 aromatic rings. The molecule has 4 fully saturated rings. The van der Waals surface area contributed by atoms with Gasteiger partial charge in [0.15, 0.2) is 0 Å². The summed E-state index contributed by atoms with van der Waals surface area (Å²) in [6, 6.07) is 0.366. The third-order valence-corrected chi connectivity index (χ3v) is 8.37. The van der Waals surface area contributed by atoms with Gasteiger partial charge in [0.1, 0.15) is 18.3 Å². The summed E-state index contributed by atoms with van der Waals surface area (Å²) < 4.78 is 17.1. The average Bonchev–Trinajstić information content (AvgIpc) is 3.07. The monoisotopic (exact) mass is 490 g/mol. The number of fused-ring (bicyclic) bond motifs is 4. The number of carbonyl (C=O) groups excluding carboxylic acids is 3. The van der Waals surface area contributed by atoms with E-state index in [4.69, 9.17) is 14.2 Å². The smallest absolute Gasteiger partial charge is 0.334 e. The predicted molar refractivity (Wildman–Crippen MR) is 127 cm³/mol. The predicted octanol–water partition coefficient (Wildman–Crippen LogP) is 1.73. The molecule has 35 heavy (non-hydrogen) atoms. The zero-order chi connectivity index (χ0) is 25.4. The van der Waals surface area contributed by atoms with E-state index in [1.807, 2.05) is 14.1 Å². The van der Waals surface area contributed by atoms with Crippen molar-refractivity contribution in [1.82, 2.24) is 9.80 Å². The number of piperidine rings is 2. The van der Waals surface area contributed by atoms with Crippen LogP contribution in [-0.4, -0.2) is 95.5 Å². The van der Waals surface area contributed by atoms with Crippen molar-refractivity contribution < 1.29 is 33.7 Å². The molecule has 1 N–H and O–H groups in total. The van der Waals surface area contributed by atoms with Gasteiger partial charge in [-0.05, 0) is 47.7 Å². The molecular weight excluding hydrogens is 452 g/mol. The molecule has 9 nitrogen and oxygen atoms in total. The second-order valence-electron chi connectivity index (χ2n) is 10.6. The minimum Gasteiger partial charge on any atom is -0.459 e. The fourth-order valence-electron chi connectivity index (χ4n) is 6.13. The van der Waals surface area contributed by atoms with Crippen LogP contribution >= 0.6 is 0 Å². The third-order valence-electron chi connectivity index (χ3n) is 8.37. The van der Waals surface area contributed by atoms with Crippen molar-refractivity contribution >= 4 is 17.9 Å². The summed E-state index contributed by atoms with van der Waals surface area (Å²) in [7, 11) is 4.01. The molecule has 4 saturated heterocycles. The Hall–Kier alpha value is -2.23. The molecule has 0 saturated carbocycles. The normalized spacial score (nSPS) is 37.8. The Morgan fingerprint density at radius 3 is 1.91 bits per heavy atom. The number of nitrogens with zero attached hydrogens (tertiary/aromatic N) is 2. The number of carbonyl (C=O) groups is 3. The first-order chi connectivity index (χ1) is 16.6. The number of aliphatic hydroxyl groups excluding tert-OH is 1. The highest BCUT2D eigenvalue weighted by molar-refractivity contribution is 5.96. The van der Waals surface area contributed by atoms with Crippen LogP contribution in [0.4, 0.5) is 0 Å². The molecule has 0 amide bonds. The molecule has 4 aliphatic rings. The molecule has 4 bridgehead atoms. The van der Waals surface area contributed by atoms with Gasteiger partial charge in [-0.3, -0.25) is 9.80 Å². The van der Waals surface area contributed by atoms with Gasteiger partial charge in [-0.2, -0.15) is 0 Å². The van der Waals surface area contributed by atoms with Crippen molar-refractivity contribution in [2.75, 3.05) is 14.1 Å². The lowest BCUT2D eigenvalue weighted by atomic mass is 10.00. The maximum absolute atomic E-state index is 12.6. The molecule has 4 rings (SSSR count). The molecule has 0 radical (unpaired) electrons. The number of esters is 3. The highest BCUT2D eigenvalue weighted by Gasteiger charge is 2.48. The quantitative estimate of drug-likeness (QED) is 0.338. The van der Waals surface area contributed by atoms with Crippen molar-refractivity contribution in [2.24, 2.45) is 0 Å². The second-order valence-corrected chi connectivity index (χ2v) is 10.6. The summed E-state index contributed by atoms with van der Waals surface area (Å²) in [5.74, 6) is -1.41. The summed E-state index contributed by atoms with van der Waals surface area (Å²) in [6.45, 7) is 5.09. The molecular formula is C26H38N2O7. The highest BCUT2D eigenvalue weighted by atomic mass is 16.6. The van der Waals surface area contributed by atoms with Crippen LogP contribution in [0.2, 0.25) is 0 Å². The lowest BCUT2D eigenvalue weighted by molar-refractivity contribution is -0.151. The Bertz CT molecular complexity index is 915. The minimum absolute atomic E-state index is 0.000746. The van der Waals surface area contributed by atoms with E-state index in [0.717, 1.165) is 0 Å². The number of ether oxygens (including phenoxy) is 3. The Morgan fingerprint density at radius 2 is 1.31 bits per heavy atom. The molecule has 0 aromatic heterocycles. The van der Waals surface area contributed by atoms with E-state index in [0.29, 0.717) is 44.1 Å². The van der Waals surface area contributed by atoms with Crippen LogP contribution in [0.5, 0.6) is 0 Å². The summed E-state index contributed by atoms with van der Waals surface area (Å²) in [5, 5.41) is 10.0. The Balaban J connectivity index is 1.30. The van der Waals surface area contributed by atoms with Gasteiger partial charge in [0.25, 0.3) is 0 Å². The molecule has 0 aliphatic carbocycles. The first-order valence-corrected chi connectivity index (χ1v) is 12.6. The Morgan fingerprint density at radius 1 is 0.771 bits per heavy atom. The molecule has 8 atom stereocenters. The van der Waals surface area contributed by atoms with Crippen molar-refractivity contribution in [2.45, 2.75) is 108 Å². The molecule has 4 heterocycles. The van der Waals surface area contributed by atoms with E-state index in [1.165, 1.54) is 6.08 Å². The van der Waals surface area contributed by atoms with Crippen LogP contribution in [-0.2, 0) is 28.6 Å². The maximum Gasteiger partial charge on any atom is 0.334 e. The molecule has 9 heteroatoms. The fraction of sp³-hybridized carbons (Fsp3) is 0.731.